The molecule has 1 amide bonds. The van der Waals surface area contributed by atoms with Crippen LogP contribution >= 0.6 is 0 Å². The highest BCUT2D eigenvalue weighted by Crippen LogP contribution is 2.25. The number of hydrogen-bond acceptors (Lipinski definition) is 3. The van der Waals surface area contributed by atoms with Crippen LogP contribution in [0.3, 0.4) is 0 Å². The number of aldehydes is 1. The lowest BCUT2D eigenvalue weighted by molar-refractivity contribution is -0.114. The van der Waals surface area contributed by atoms with E-state index >= 15 is 0 Å². The van der Waals surface area contributed by atoms with Crippen molar-refractivity contribution in [1.29, 1.82) is 0 Å². The van der Waals surface area contributed by atoms with Gasteiger partial charge in [-0.05, 0) is 24.6 Å². The summed E-state index contributed by atoms with van der Waals surface area (Å²) in [6, 6.07) is 5.37. The van der Waals surface area contributed by atoms with Gasteiger partial charge in [-0.3, -0.25) is 9.59 Å². The Labute approximate surface area is 88.2 Å². The zero-order valence-electron chi connectivity index (χ0n) is 8.74. The molecule has 0 aliphatic heterocycles. The highest BCUT2D eigenvalue weighted by molar-refractivity contribution is 5.90. The molecular formula is C11H13NO3. The molecule has 0 bridgehead atoms. The van der Waals surface area contributed by atoms with Gasteiger partial charge < -0.3 is 10.1 Å². The second-order valence-corrected chi connectivity index (χ2v) is 3.16. The van der Waals surface area contributed by atoms with Gasteiger partial charge in [-0.15, -0.1) is 0 Å². The van der Waals surface area contributed by atoms with E-state index in [0.29, 0.717) is 17.7 Å². The largest absolute Gasteiger partial charge is 0.484 e. The zero-order chi connectivity index (χ0) is 11.3. The standard InChI is InChI=1S/C11H13NO3/c1-8-3-4-11(15-6-5-13)10(7-8)12-9(2)14/h3-5,7H,6H2,1-2H3,(H,12,14). The molecule has 4 nitrogen and oxygen atoms in total. The summed E-state index contributed by atoms with van der Waals surface area (Å²) >= 11 is 0. The first-order valence-electron chi connectivity index (χ1n) is 4.58. The fourth-order valence-corrected chi connectivity index (χ4v) is 1.18. The highest BCUT2D eigenvalue weighted by atomic mass is 16.5. The number of hydrogen-bond donors (Lipinski definition) is 1. The Bertz CT molecular complexity index is 374. The Balaban J connectivity index is 2.91. The molecule has 0 radical (unpaired) electrons. The molecule has 15 heavy (non-hydrogen) atoms. The lowest BCUT2D eigenvalue weighted by Gasteiger charge is -2.10. The summed E-state index contributed by atoms with van der Waals surface area (Å²) in [4.78, 5) is 21.1. The summed E-state index contributed by atoms with van der Waals surface area (Å²) in [5.41, 5.74) is 1.60. The van der Waals surface area contributed by atoms with Gasteiger partial charge in [0.1, 0.15) is 12.4 Å². The van der Waals surface area contributed by atoms with E-state index in [9.17, 15) is 9.59 Å². The van der Waals surface area contributed by atoms with Gasteiger partial charge in [0.15, 0.2) is 6.29 Å². The van der Waals surface area contributed by atoms with Gasteiger partial charge in [-0.1, -0.05) is 6.07 Å². The number of anilines is 1. The third-order valence-electron chi connectivity index (χ3n) is 1.75. The van der Waals surface area contributed by atoms with Crippen LogP contribution in [0.2, 0.25) is 0 Å². The Hall–Kier alpha value is -1.84. The molecule has 0 spiro atoms. The maximum Gasteiger partial charge on any atom is 0.221 e. The van der Waals surface area contributed by atoms with Crippen LogP contribution in [0.5, 0.6) is 5.75 Å². The minimum atomic E-state index is -0.170. The van der Waals surface area contributed by atoms with Gasteiger partial charge in [0.2, 0.25) is 5.91 Å². The van der Waals surface area contributed by atoms with Gasteiger partial charge in [0.25, 0.3) is 0 Å². The van der Waals surface area contributed by atoms with Crippen molar-refractivity contribution >= 4 is 17.9 Å². The van der Waals surface area contributed by atoms with Crippen LogP contribution in [0.4, 0.5) is 5.69 Å². The second kappa shape index (κ2) is 5.14. The minimum Gasteiger partial charge on any atom is -0.484 e. The number of carbonyl (C=O) groups excluding carboxylic acids is 2. The van der Waals surface area contributed by atoms with Crippen LogP contribution in [-0.2, 0) is 9.59 Å². The maximum atomic E-state index is 10.9. The van der Waals surface area contributed by atoms with Crippen molar-refractivity contribution in [1.82, 2.24) is 0 Å². The Kier molecular flexibility index (Phi) is 3.85. The van der Waals surface area contributed by atoms with Gasteiger partial charge in [-0.2, -0.15) is 0 Å². The van der Waals surface area contributed by atoms with Gasteiger partial charge >= 0.3 is 0 Å². The molecule has 0 aliphatic carbocycles. The van der Waals surface area contributed by atoms with E-state index in [-0.39, 0.29) is 12.5 Å². The van der Waals surface area contributed by atoms with Crippen molar-refractivity contribution in [3.63, 3.8) is 0 Å². The third kappa shape index (κ3) is 3.42. The molecule has 1 N–H and O–H groups in total. The molecule has 1 rings (SSSR count). The highest BCUT2D eigenvalue weighted by Gasteiger charge is 2.05. The first-order chi connectivity index (χ1) is 7.13. The molecule has 0 atom stereocenters. The number of aryl methyl sites for hydroxylation is 1. The molecule has 0 saturated carbocycles. The number of benzene rings is 1. The zero-order valence-corrected chi connectivity index (χ0v) is 8.74. The van der Waals surface area contributed by atoms with E-state index in [2.05, 4.69) is 5.32 Å². The Morgan fingerprint density at radius 1 is 1.53 bits per heavy atom. The summed E-state index contributed by atoms with van der Waals surface area (Å²) in [6.07, 6.45) is 0.664. The summed E-state index contributed by atoms with van der Waals surface area (Å²) in [6.45, 7) is 3.32. The predicted molar refractivity (Wildman–Crippen MR) is 57.0 cm³/mol. The fourth-order valence-electron chi connectivity index (χ4n) is 1.18. The number of ether oxygens (including phenoxy) is 1. The minimum absolute atomic E-state index is 0.0182. The molecule has 0 aliphatic rings. The third-order valence-corrected chi connectivity index (χ3v) is 1.75. The van der Waals surface area contributed by atoms with Crippen molar-refractivity contribution in [2.75, 3.05) is 11.9 Å². The normalized spacial score (nSPS) is 9.47. The lowest BCUT2D eigenvalue weighted by atomic mass is 10.2. The van der Waals surface area contributed by atoms with Crippen LogP contribution in [0, 0.1) is 6.92 Å². The van der Waals surface area contributed by atoms with E-state index in [0.717, 1.165) is 5.56 Å². The smallest absolute Gasteiger partial charge is 0.221 e. The first-order valence-corrected chi connectivity index (χ1v) is 4.58. The van der Waals surface area contributed by atoms with Crippen molar-refractivity contribution < 1.29 is 14.3 Å². The molecule has 1 aromatic rings. The van der Waals surface area contributed by atoms with Crippen LogP contribution in [0.1, 0.15) is 12.5 Å². The lowest BCUT2D eigenvalue weighted by Crippen LogP contribution is -2.08. The molecule has 1 aromatic carbocycles. The monoisotopic (exact) mass is 207 g/mol. The van der Waals surface area contributed by atoms with E-state index < -0.39 is 0 Å². The summed E-state index contributed by atoms with van der Waals surface area (Å²) in [5, 5.41) is 2.64. The van der Waals surface area contributed by atoms with Crippen LogP contribution < -0.4 is 10.1 Å². The second-order valence-electron chi connectivity index (χ2n) is 3.16. The van der Waals surface area contributed by atoms with Crippen LogP contribution in [0.15, 0.2) is 18.2 Å². The maximum absolute atomic E-state index is 10.9. The van der Waals surface area contributed by atoms with E-state index in [1.807, 2.05) is 13.0 Å². The van der Waals surface area contributed by atoms with Gasteiger partial charge in [0.05, 0.1) is 5.69 Å². The average Bonchev–Trinajstić information content (AvgIpc) is 2.16. The number of rotatable bonds is 4. The molecule has 0 fully saturated rings. The molecule has 0 aromatic heterocycles. The van der Waals surface area contributed by atoms with Gasteiger partial charge in [-0.25, -0.2) is 0 Å². The SMILES string of the molecule is CC(=O)Nc1cc(C)ccc1OCC=O. The summed E-state index contributed by atoms with van der Waals surface area (Å²) < 4.78 is 5.16. The van der Waals surface area contributed by atoms with Crippen LogP contribution in [0.25, 0.3) is 0 Å². The van der Waals surface area contributed by atoms with Crippen molar-refractivity contribution in [2.45, 2.75) is 13.8 Å². The first kappa shape index (κ1) is 11.2. The van der Waals surface area contributed by atoms with Crippen LogP contribution in [-0.4, -0.2) is 18.8 Å². The number of nitrogens with one attached hydrogen (secondary N) is 1. The molecular weight excluding hydrogens is 194 g/mol. The average molecular weight is 207 g/mol. The Morgan fingerprint density at radius 2 is 2.27 bits per heavy atom. The van der Waals surface area contributed by atoms with E-state index in [4.69, 9.17) is 4.74 Å². The quantitative estimate of drug-likeness (QED) is 0.762. The number of carbonyl (C=O) groups is 2. The summed E-state index contributed by atoms with van der Waals surface area (Å²) in [5.74, 6) is 0.333. The molecule has 0 saturated heterocycles. The molecule has 0 heterocycles. The molecule has 0 unspecified atom stereocenters. The molecule has 80 valence electrons. The van der Waals surface area contributed by atoms with Crippen molar-refractivity contribution in [3.8, 4) is 5.75 Å². The topological polar surface area (TPSA) is 55.4 Å². The summed E-state index contributed by atoms with van der Waals surface area (Å²) in [7, 11) is 0. The van der Waals surface area contributed by atoms with Gasteiger partial charge in [0, 0.05) is 6.92 Å². The van der Waals surface area contributed by atoms with E-state index in [1.165, 1.54) is 6.92 Å². The van der Waals surface area contributed by atoms with E-state index in [1.54, 1.807) is 12.1 Å². The molecule has 4 heteroatoms. The fraction of sp³-hybridized carbons (Fsp3) is 0.273. The Morgan fingerprint density at radius 3 is 2.87 bits per heavy atom. The predicted octanol–water partition coefficient (Wildman–Crippen LogP) is 1.53. The number of amides is 1. The van der Waals surface area contributed by atoms with Crippen molar-refractivity contribution in [2.24, 2.45) is 0 Å². The van der Waals surface area contributed by atoms with Crippen molar-refractivity contribution in [3.05, 3.63) is 23.8 Å².